The molecule has 1 aromatic heterocycles. The van der Waals surface area contributed by atoms with Gasteiger partial charge in [0.2, 0.25) is 0 Å². The molecule has 0 unspecified atom stereocenters. The van der Waals surface area contributed by atoms with Crippen molar-refractivity contribution in [3.63, 3.8) is 0 Å². The second kappa shape index (κ2) is 3.05. The number of nitrogens with zero attached hydrogens (tertiary/aromatic N) is 1. The first-order chi connectivity index (χ1) is 6.33. The molecule has 0 bridgehead atoms. The highest BCUT2D eigenvalue weighted by molar-refractivity contribution is 5.81. The van der Waals surface area contributed by atoms with Crippen molar-refractivity contribution < 1.29 is 0 Å². The molecule has 13 heavy (non-hydrogen) atoms. The van der Waals surface area contributed by atoms with Crippen LogP contribution in [0.5, 0.6) is 0 Å². The first-order valence-electron chi connectivity index (χ1n) is 4.41. The summed E-state index contributed by atoms with van der Waals surface area (Å²) >= 11 is 0. The molecule has 1 heterocycles. The van der Waals surface area contributed by atoms with Crippen LogP contribution in [0.3, 0.4) is 0 Å². The molecule has 0 radical (unpaired) electrons. The van der Waals surface area contributed by atoms with Gasteiger partial charge in [-0.05, 0) is 24.4 Å². The van der Waals surface area contributed by atoms with Crippen molar-refractivity contribution >= 4 is 10.8 Å². The number of pyridine rings is 1. The lowest BCUT2D eigenvalue weighted by molar-refractivity contribution is 0.735. The lowest BCUT2D eigenvalue weighted by Crippen LogP contribution is -2.17. The van der Waals surface area contributed by atoms with Gasteiger partial charge < -0.3 is 4.57 Å². The van der Waals surface area contributed by atoms with Gasteiger partial charge in [-0.25, -0.2) is 0 Å². The average Bonchev–Trinajstić information content (AvgIpc) is 2.19. The zero-order chi connectivity index (χ0) is 9.26. The molecule has 0 saturated carbocycles. The van der Waals surface area contributed by atoms with Gasteiger partial charge in [-0.1, -0.05) is 18.2 Å². The van der Waals surface area contributed by atoms with E-state index >= 15 is 0 Å². The number of hydrogen-bond acceptors (Lipinski definition) is 1. The van der Waals surface area contributed by atoms with Crippen LogP contribution >= 0.6 is 0 Å². The SMILES string of the molecule is CCn1ccc2ccccc2c1=O. The summed E-state index contributed by atoms with van der Waals surface area (Å²) in [6, 6.07) is 9.63. The van der Waals surface area contributed by atoms with Crippen molar-refractivity contribution in [1.29, 1.82) is 0 Å². The van der Waals surface area contributed by atoms with Crippen LogP contribution in [-0.2, 0) is 6.54 Å². The molecule has 0 saturated heterocycles. The van der Waals surface area contributed by atoms with Gasteiger partial charge in [0.15, 0.2) is 0 Å². The van der Waals surface area contributed by atoms with Crippen LogP contribution in [0.4, 0.5) is 0 Å². The summed E-state index contributed by atoms with van der Waals surface area (Å²) in [6.45, 7) is 2.69. The van der Waals surface area contributed by atoms with Crippen molar-refractivity contribution in [2.24, 2.45) is 0 Å². The summed E-state index contributed by atoms with van der Waals surface area (Å²) in [6.07, 6.45) is 1.84. The molecule has 66 valence electrons. The molecule has 0 aliphatic rings. The smallest absolute Gasteiger partial charge is 0.258 e. The largest absolute Gasteiger partial charge is 0.315 e. The van der Waals surface area contributed by atoms with Crippen LogP contribution < -0.4 is 5.56 Å². The van der Waals surface area contributed by atoms with Crippen molar-refractivity contribution in [3.8, 4) is 0 Å². The molecule has 2 aromatic rings. The molecule has 1 aromatic carbocycles. The van der Waals surface area contributed by atoms with Gasteiger partial charge in [-0.3, -0.25) is 4.79 Å². The molecule has 2 rings (SSSR count). The van der Waals surface area contributed by atoms with Gasteiger partial charge in [0.1, 0.15) is 0 Å². The highest BCUT2D eigenvalue weighted by atomic mass is 16.1. The van der Waals surface area contributed by atoms with Crippen LogP contribution in [0, 0.1) is 0 Å². The molecule has 2 heteroatoms. The minimum Gasteiger partial charge on any atom is -0.315 e. The monoisotopic (exact) mass is 173 g/mol. The maximum absolute atomic E-state index is 11.7. The Labute approximate surface area is 76.4 Å². The molecule has 0 N–H and O–H groups in total. The van der Waals surface area contributed by atoms with Crippen molar-refractivity contribution in [1.82, 2.24) is 4.57 Å². The zero-order valence-corrected chi connectivity index (χ0v) is 7.53. The highest BCUT2D eigenvalue weighted by Crippen LogP contribution is 2.07. The molecular formula is C11H11NO. The average molecular weight is 173 g/mol. The number of aryl methyl sites for hydroxylation is 1. The van der Waals surface area contributed by atoms with Gasteiger partial charge in [0.25, 0.3) is 5.56 Å². The summed E-state index contributed by atoms with van der Waals surface area (Å²) in [5, 5.41) is 1.81. The third-order valence-corrected chi connectivity index (χ3v) is 2.23. The zero-order valence-electron chi connectivity index (χ0n) is 7.53. The van der Waals surface area contributed by atoms with Gasteiger partial charge in [-0.2, -0.15) is 0 Å². The van der Waals surface area contributed by atoms with Crippen molar-refractivity contribution in [3.05, 3.63) is 46.9 Å². The standard InChI is InChI=1S/C11H11NO/c1-2-12-8-7-9-5-3-4-6-10(9)11(12)13/h3-8H,2H2,1H3. The summed E-state index contributed by atoms with van der Waals surface area (Å²) in [4.78, 5) is 11.7. The maximum Gasteiger partial charge on any atom is 0.258 e. The number of fused-ring (bicyclic) bond motifs is 1. The van der Waals surface area contributed by atoms with Crippen LogP contribution in [0.25, 0.3) is 10.8 Å². The molecule has 0 aliphatic heterocycles. The van der Waals surface area contributed by atoms with Gasteiger partial charge in [0, 0.05) is 18.1 Å². The minimum absolute atomic E-state index is 0.0978. The Bertz CT molecular complexity index is 485. The van der Waals surface area contributed by atoms with E-state index in [0.717, 1.165) is 17.3 Å². The third kappa shape index (κ3) is 1.24. The van der Waals surface area contributed by atoms with E-state index in [-0.39, 0.29) is 5.56 Å². The van der Waals surface area contributed by atoms with E-state index in [1.807, 2.05) is 43.5 Å². The molecule has 0 atom stereocenters. The first kappa shape index (κ1) is 8.05. The van der Waals surface area contributed by atoms with E-state index in [2.05, 4.69) is 0 Å². The second-order valence-corrected chi connectivity index (χ2v) is 2.99. The first-order valence-corrected chi connectivity index (χ1v) is 4.41. The Morgan fingerprint density at radius 2 is 2.00 bits per heavy atom. The Balaban J connectivity index is 2.87. The predicted molar refractivity (Wildman–Crippen MR) is 53.9 cm³/mol. The van der Waals surface area contributed by atoms with Crippen molar-refractivity contribution in [2.75, 3.05) is 0 Å². The van der Waals surface area contributed by atoms with Crippen LogP contribution in [0.2, 0.25) is 0 Å². The van der Waals surface area contributed by atoms with E-state index < -0.39 is 0 Å². The van der Waals surface area contributed by atoms with Gasteiger partial charge in [0.05, 0.1) is 0 Å². The molecule has 0 aliphatic carbocycles. The van der Waals surface area contributed by atoms with Gasteiger partial charge >= 0.3 is 0 Å². The summed E-state index contributed by atoms with van der Waals surface area (Å²) in [5.74, 6) is 0. The van der Waals surface area contributed by atoms with E-state index in [4.69, 9.17) is 0 Å². The maximum atomic E-state index is 11.7. The molecule has 2 nitrogen and oxygen atoms in total. The summed E-state index contributed by atoms with van der Waals surface area (Å²) in [5.41, 5.74) is 0.0978. The molecule has 0 spiro atoms. The summed E-state index contributed by atoms with van der Waals surface area (Å²) < 4.78 is 1.71. The van der Waals surface area contributed by atoms with E-state index in [1.165, 1.54) is 0 Å². The quantitative estimate of drug-likeness (QED) is 0.646. The molecule has 0 fully saturated rings. The fourth-order valence-electron chi connectivity index (χ4n) is 1.48. The summed E-state index contributed by atoms with van der Waals surface area (Å²) in [7, 11) is 0. The Morgan fingerprint density at radius 1 is 1.23 bits per heavy atom. The van der Waals surface area contributed by atoms with E-state index in [9.17, 15) is 4.79 Å². The number of aromatic nitrogens is 1. The van der Waals surface area contributed by atoms with E-state index in [0.29, 0.717) is 0 Å². The number of hydrogen-bond donors (Lipinski definition) is 0. The predicted octanol–water partition coefficient (Wildman–Crippen LogP) is 2.02. The fourth-order valence-corrected chi connectivity index (χ4v) is 1.48. The fraction of sp³-hybridized carbons (Fsp3) is 0.182. The molecular weight excluding hydrogens is 162 g/mol. The lowest BCUT2D eigenvalue weighted by Gasteiger charge is -2.02. The third-order valence-electron chi connectivity index (χ3n) is 2.23. The highest BCUT2D eigenvalue weighted by Gasteiger charge is 1.98. The Hall–Kier alpha value is -1.57. The topological polar surface area (TPSA) is 22.0 Å². The van der Waals surface area contributed by atoms with Crippen LogP contribution in [-0.4, -0.2) is 4.57 Å². The Kier molecular flexibility index (Phi) is 1.89. The second-order valence-electron chi connectivity index (χ2n) is 2.99. The minimum atomic E-state index is 0.0978. The van der Waals surface area contributed by atoms with E-state index in [1.54, 1.807) is 4.57 Å². The Morgan fingerprint density at radius 3 is 2.77 bits per heavy atom. The van der Waals surface area contributed by atoms with Gasteiger partial charge in [-0.15, -0.1) is 0 Å². The van der Waals surface area contributed by atoms with Crippen molar-refractivity contribution in [2.45, 2.75) is 13.5 Å². The number of rotatable bonds is 1. The normalized spacial score (nSPS) is 10.5. The number of benzene rings is 1. The van der Waals surface area contributed by atoms with Crippen LogP contribution in [0.15, 0.2) is 41.3 Å². The molecule has 0 amide bonds. The lowest BCUT2D eigenvalue weighted by atomic mass is 10.2. The van der Waals surface area contributed by atoms with Crippen LogP contribution in [0.1, 0.15) is 6.92 Å².